The van der Waals surface area contributed by atoms with Crippen LogP contribution in [0.3, 0.4) is 0 Å². The molecule has 160 valence electrons. The van der Waals surface area contributed by atoms with Crippen molar-refractivity contribution >= 4 is 23.1 Å². The van der Waals surface area contributed by atoms with Crippen molar-refractivity contribution in [2.75, 3.05) is 43.4 Å². The van der Waals surface area contributed by atoms with Gasteiger partial charge in [-0.25, -0.2) is 0 Å². The third-order valence-electron chi connectivity index (χ3n) is 5.55. The first kappa shape index (κ1) is 20.4. The largest absolute Gasteiger partial charge is 0.354 e. The minimum atomic E-state index is -0.108. The molecule has 0 amide bonds. The number of likely N-dealkylation sites (N-methyl/N-ethyl adjacent to an activating group) is 1. The highest BCUT2D eigenvalue weighted by atomic mass is 16.1. The van der Waals surface area contributed by atoms with Gasteiger partial charge in [0.05, 0.1) is 6.54 Å². The Balaban J connectivity index is 1.82. The van der Waals surface area contributed by atoms with Gasteiger partial charge in [-0.3, -0.25) is 13.9 Å². The quantitative estimate of drug-likeness (QED) is 0.493. The summed E-state index contributed by atoms with van der Waals surface area (Å²) in [4.78, 5) is 25.0. The summed E-state index contributed by atoms with van der Waals surface area (Å²) in [6, 6.07) is 10.2. The number of nitrogens with one attached hydrogen (secondary N) is 2. The van der Waals surface area contributed by atoms with E-state index in [2.05, 4.69) is 32.7 Å². The van der Waals surface area contributed by atoms with Crippen LogP contribution in [0.15, 0.2) is 35.1 Å². The minimum Gasteiger partial charge on any atom is -0.354 e. The van der Waals surface area contributed by atoms with Crippen LogP contribution in [-0.4, -0.2) is 58.4 Å². The van der Waals surface area contributed by atoms with Crippen LogP contribution in [-0.2, 0) is 13.6 Å². The molecule has 4 N–H and O–H groups in total. The maximum Gasteiger partial charge on any atom is 0.281 e. The highest BCUT2D eigenvalue weighted by Gasteiger charge is 2.25. The van der Waals surface area contributed by atoms with Gasteiger partial charge in [-0.1, -0.05) is 30.3 Å². The van der Waals surface area contributed by atoms with Gasteiger partial charge in [0, 0.05) is 39.3 Å². The second-order valence-electron chi connectivity index (χ2n) is 7.83. The summed E-state index contributed by atoms with van der Waals surface area (Å²) in [7, 11) is 3.63. The summed E-state index contributed by atoms with van der Waals surface area (Å²) in [6.45, 7) is 3.60. The molecule has 1 aliphatic heterocycles. The van der Waals surface area contributed by atoms with Crippen LogP contribution in [0.5, 0.6) is 0 Å². The molecule has 1 fully saturated rings. The number of hydrogen-bond acceptors (Lipinski definition) is 7. The molecule has 4 rings (SSSR count). The molecule has 0 aliphatic carbocycles. The van der Waals surface area contributed by atoms with E-state index in [4.69, 9.17) is 10.7 Å². The molecule has 1 aliphatic rings. The summed E-state index contributed by atoms with van der Waals surface area (Å²) >= 11 is 0. The third-order valence-corrected chi connectivity index (χ3v) is 5.55. The van der Waals surface area contributed by atoms with Crippen LogP contribution in [0.2, 0.25) is 0 Å². The zero-order valence-corrected chi connectivity index (χ0v) is 17.6. The van der Waals surface area contributed by atoms with Gasteiger partial charge in [0.15, 0.2) is 11.2 Å². The molecular formula is C21H30N8O. The topological polar surface area (TPSA) is 106 Å². The summed E-state index contributed by atoms with van der Waals surface area (Å²) < 4.78 is 3.56. The molecule has 9 nitrogen and oxygen atoms in total. The zero-order chi connectivity index (χ0) is 21.1. The van der Waals surface area contributed by atoms with Crippen molar-refractivity contribution in [3.05, 3.63) is 46.2 Å². The Morgan fingerprint density at radius 1 is 1.20 bits per heavy atom. The number of hydrogen-bond donors (Lipinski definition) is 3. The van der Waals surface area contributed by atoms with Gasteiger partial charge >= 0.3 is 0 Å². The second-order valence-corrected chi connectivity index (χ2v) is 7.83. The summed E-state index contributed by atoms with van der Waals surface area (Å²) in [5.74, 6) is 1.29. The maximum absolute atomic E-state index is 13.3. The molecular weight excluding hydrogens is 380 g/mol. The van der Waals surface area contributed by atoms with Gasteiger partial charge < -0.3 is 21.3 Å². The average molecular weight is 411 g/mol. The van der Waals surface area contributed by atoms with Crippen molar-refractivity contribution in [2.45, 2.75) is 25.4 Å². The molecule has 9 heteroatoms. The number of imidazole rings is 1. The lowest BCUT2D eigenvalue weighted by Crippen LogP contribution is -2.44. The fraction of sp³-hybridized carbons (Fsp3) is 0.476. The van der Waals surface area contributed by atoms with E-state index in [1.54, 1.807) is 11.6 Å². The number of rotatable bonds is 7. The van der Waals surface area contributed by atoms with E-state index in [-0.39, 0.29) is 11.6 Å². The standard InChI is InChI=1S/C21H30N8O/c1-23-10-11-24-20-25-18-17(19(30)27(20)2)29(13-15-7-4-3-5-8-15)21(26-18)28-12-6-9-16(22)14-28/h3-5,7-8,16,23H,6,9-14,22H2,1-2H3,(H,24,25). The van der Waals surface area contributed by atoms with Crippen LogP contribution < -0.4 is 26.8 Å². The molecule has 2 aromatic heterocycles. The lowest BCUT2D eigenvalue weighted by atomic mass is 10.1. The molecule has 1 aromatic carbocycles. The fourth-order valence-corrected chi connectivity index (χ4v) is 3.95. The summed E-state index contributed by atoms with van der Waals surface area (Å²) in [5.41, 5.74) is 8.22. The number of aromatic nitrogens is 4. The first-order valence-corrected chi connectivity index (χ1v) is 10.5. The van der Waals surface area contributed by atoms with E-state index in [9.17, 15) is 4.79 Å². The van der Waals surface area contributed by atoms with Crippen LogP contribution in [0.25, 0.3) is 11.2 Å². The van der Waals surface area contributed by atoms with Gasteiger partial charge in [-0.15, -0.1) is 0 Å². The van der Waals surface area contributed by atoms with Crippen LogP contribution in [0, 0.1) is 0 Å². The first-order valence-electron chi connectivity index (χ1n) is 10.5. The third kappa shape index (κ3) is 4.03. The SMILES string of the molecule is CNCCNc1nc2nc(N3CCCC(N)C3)n(Cc3ccccc3)c2c(=O)n1C. The second kappa shape index (κ2) is 8.85. The van der Waals surface area contributed by atoms with Gasteiger partial charge in [-0.05, 0) is 25.5 Å². The predicted octanol–water partition coefficient (Wildman–Crippen LogP) is 0.737. The van der Waals surface area contributed by atoms with Crippen molar-refractivity contribution in [2.24, 2.45) is 12.8 Å². The minimum absolute atomic E-state index is 0.108. The molecule has 1 saturated heterocycles. The maximum atomic E-state index is 13.3. The summed E-state index contributed by atoms with van der Waals surface area (Å²) in [6.07, 6.45) is 2.02. The highest BCUT2D eigenvalue weighted by Crippen LogP contribution is 2.24. The van der Waals surface area contributed by atoms with E-state index < -0.39 is 0 Å². The molecule has 1 unspecified atom stereocenters. The Morgan fingerprint density at radius 2 is 2.00 bits per heavy atom. The molecule has 30 heavy (non-hydrogen) atoms. The monoisotopic (exact) mass is 410 g/mol. The van der Waals surface area contributed by atoms with Crippen molar-refractivity contribution in [1.29, 1.82) is 0 Å². The average Bonchev–Trinajstić information content (AvgIpc) is 3.10. The number of fused-ring (bicyclic) bond motifs is 1. The zero-order valence-electron chi connectivity index (χ0n) is 17.6. The smallest absolute Gasteiger partial charge is 0.281 e. The van der Waals surface area contributed by atoms with E-state index in [0.717, 1.165) is 44.0 Å². The Labute approximate surface area is 175 Å². The Morgan fingerprint density at radius 3 is 2.73 bits per heavy atom. The van der Waals surface area contributed by atoms with Crippen molar-refractivity contribution in [1.82, 2.24) is 24.4 Å². The van der Waals surface area contributed by atoms with Crippen LogP contribution in [0.4, 0.5) is 11.9 Å². The number of anilines is 2. The number of piperidine rings is 1. The lowest BCUT2D eigenvalue weighted by Gasteiger charge is -2.31. The highest BCUT2D eigenvalue weighted by molar-refractivity contribution is 5.75. The first-order chi connectivity index (χ1) is 14.6. The van der Waals surface area contributed by atoms with Gasteiger partial charge in [0.25, 0.3) is 5.56 Å². The number of benzene rings is 1. The molecule has 1 atom stereocenters. The molecule has 0 saturated carbocycles. The number of nitrogens with zero attached hydrogens (tertiary/aromatic N) is 5. The van der Waals surface area contributed by atoms with E-state index in [0.29, 0.717) is 30.2 Å². The Kier molecular flexibility index (Phi) is 6.01. The van der Waals surface area contributed by atoms with E-state index in [1.807, 2.05) is 29.8 Å². The number of nitrogens with two attached hydrogens (primary N) is 1. The van der Waals surface area contributed by atoms with Crippen LogP contribution in [0.1, 0.15) is 18.4 Å². The van der Waals surface area contributed by atoms with Crippen LogP contribution >= 0.6 is 0 Å². The summed E-state index contributed by atoms with van der Waals surface area (Å²) in [5, 5.41) is 6.30. The van der Waals surface area contributed by atoms with E-state index in [1.165, 1.54) is 0 Å². The fourth-order valence-electron chi connectivity index (χ4n) is 3.95. The Hall–Kier alpha value is -2.91. The van der Waals surface area contributed by atoms with Gasteiger partial charge in [0.1, 0.15) is 0 Å². The molecule has 3 aromatic rings. The van der Waals surface area contributed by atoms with Crippen molar-refractivity contribution < 1.29 is 0 Å². The lowest BCUT2D eigenvalue weighted by molar-refractivity contribution is 0.495. The predicted molar refractivity (Wildman–Crippen MR) is 120 cm³/mol. The molecule has 3 heterocycles. The molecule has 0 bridgehead atoms. The normalized spacial score (nSPS) is 16.9. The van der Waals surface area contributed by atoms with E-state index >= 15 is 0 Å². The van der Waals surface area contributed by atoms with Gasteiger partial charge in [0.2, 0.25) is 11.9 Å². The molecule has 0 radical (unpaired) electrons. The Bertz CT molecular complexity index is 1060. The van der Waals surface area contributed by atoms with Crippen molar-refractivity contribution in [3.63, 3.8) is 0 Å². The van der Waals surface area contributed by atoms with Crippen molar-refractivity contribution in [3.8, 4) is 0 Å². The molecule has 0 spiro atoms. The van der Waals surface area contributed by atoms with Gasteiger partial charge in [-0.2, -0.15) is 9.97 Å².